The van der Waals surface area contributed by atoms with Crippen LogP contribution in [-0.4, -0.2) is 17.8 Å². The van der Waals surface area contributed by atoms with Gasteiger partial charge in [-0.1, -0.05) is 11.9 Å². The molecule has 0 atom stereocenters. The van der Waals surface area contributed by atoms with Crippen LogP contribution in [0.5, 0.6) is 5.88 Å². The normalized spacial score (nSPS) is 9.50. The van der Waals surface area contributed by atoms with E-state index >= 15 is 0 Å². The highest BCUT2D eigenvalue weighted by Gasteiger charge is 1.93. The van der Waals surface area contributed by atoms with Gasteiger partial charge in [0, 0.05) is 12.3 Å². The Morgan fingerprint density at radius 1 is 1.58 bits per heavy atom. The van der Waals surface area contributed by atoms with Gasteiger partial charge in [-0.2, -0.15) is 0 Å². The molecule has 0 bridgehead atoms. The van der Waals surface area contributed by atoms with Crippen LogP contribution in [0.1, 0.15) is 6.92 Å². The third-order valence-corrected chi connectivity index (χ3v) is 1.69. The standard InChI is InChI=1S/C8H12N2OS/c1-3-11-8-5-4-7(6-9-8)10-12-2/h4-6,10H,3H2,1-2H3. The fourth-order valence-corrected chi connectivity index (χ4v) is 1.15. The largest absolute Gasteiger partial charge is 0.478 e. The molecule has 1 aromatic rings. The first-order chi connectivity index (χ1) is 5.86. The second-order valence-electron chi connectivity index (χ2n) is 2.12. The molecule has 0 fully saturated rings. The molecule has 1 N–H and O–H groups in total. The number of anilines is 1. The molecule has 1 rings (SSSR count). The summed E-state index contributed by atoms with van der Waals surface area (Å²) in [7, 11) is 0. The van der Waals surface area contributed by atoms with Crippen LogP contribution in [0, 0.1) is 0 Å². The number of nitrogens with zero attached hydrogens (tertiary/aromatic N) is 1. The zero-order chi connectivity index (χ0) is 8.81. The van der Waals surface area contributed by atoms with Crippen LogP contribution >= 0.6 is 11.9 Å². The summed E-state index contributed by atoms with van der Waals surface area (Å²) in [5, 5.41) is 0. The van der Waals surface area contributed by atoms with Crippen molar-refractivity contribution in [1.82, 2.24) is 4.98 Å². The number of hydrogen-bond acceptors (Lipinski definition) is 4. The zero-order valence-electron chi connectivity index (χ0n) is 7.20. The average molecular weight is 184 g/mol. The minimum atomic E-state index is 0.655. The molecule has 0 saturated carbocycles. The fourth-order valence-electron chi connectivity index (χ4n) is 0.792. The lowest BCUT2D eigenvalue weighted by Gasteiger charge is -2.03. The highest BCUT2D eigenvalue weighted by molar-refractivity contribution is 7.99. The van der Waals surface area contributed by atoms with Crippen LogP contribution in [0.4, 0.5) is 5.69 Å². The third-order valence-electron chi connectivity index (χ3n) is 1.25. The number of rotatable bonds is 4. The minimum Gasteiger partial charge on any atom is -0.478 e. The first-order valence-electron chi connectivity index (χ1n) is 3.74. The van der Waals surface area contributed by atoms with E-state index in [0.717, 1.165) is 5.69 Å². The maximum Gasteiger partial charge on any atom is 0.213 e. The van der Waals surface area contributed by atoms with Crippen LogP contribution in [0.25, 0.3) is 0 Å². The van der Waals surface area contributed by atoms with Crippen LogP contribution in [0.3, 0.4) is 0 Å². The Labute approximate surface area is 76.7 Å². The predicted octanol–water partition coefficient (Wildman–Crippen LogP) is 2.17. The molecule has 0 radical (unpaired) electrons. The summed E-state index contributed by atoms with van der Waals surface area (Å²) in [4.78, 5) is 4.09. The molecule has 0 aliphatic heterocycles. The first-order valence-corrected chi connectivity index (χ1v) is 4.97. The highest BCUT2D eigenvalue weighted by Crippen LogP contribution is 2.13. The van der Waals surface area contributed by atoms with Crippen molar-refractivity contribution in [2.75, 3.05) is 17.6 Å². The van der Waals surface area contributed by atoms with Crippen molar-refractivity contribution < 1.29 is 4.74 Å². The number of hydrogen-bond donors (Lipinski definition) is 1. The Hall–Kier alpha value is -0.900. The third kappa shape index (κ3) is 2.62. The van der Waals surface area contributed by atoms with Crippen LogP contribution in [0.2, 0.25) is 0 Å². The highest BCUT2D eigenvalue weighted by atomic mass is 32.2. The molecule has 3 nitrogen and oxygen atoms in total. The van der Waals surface area contributed by atoms with Gasteiger partial charge < -0.3 is 9.46 Å². The lowest BCUT2D eigenvalue weighted by Crippen LogP contribution is -1.94. The molecule has 66 valence electrons. The van der Waals surface area contributed by atoms with E-state index in [1.165, 1.54) is 0 Å². The summed E-state index contributed by atoms with van der Waals surface area (Å²) in [6.07, 6.45) is 3.72. The van der Waals surface area contributed by atoms with Crippen molar-refractivity contribution in [2.45, 2.75) is 6.92 Å². The SMILES string of the molecule is CCOc1ccc(NSC)cn1. The quantitative estimate of drug-likeness (QED) is 0.727. The zero-order valence-corrected chi connectivity index (χ0v) is 8.02. The smallest absolute Gasteiger partial charge is 0.213 e. The van der Waals surface area contributed by atoms with Gasteiger partial charge >= 0.3 is 0 Å². The van der Waals surface area contributed by atoms with Gasteiger partial charge in [0.25, 0.3) is 0 Å². The van der Waals surface area contributed by atoms with E-state index in [1.807, 2.05) is 25.3 Å². The van der Waals surface area contributed by atoms with Crippen molar-refractivity contribution >= 4 is 17.6 Å². The van der Waals surface area contributed by atoms with Gasteiger partial charge in [-0.25, -0.2) is 4.98 Å². The predicted molar refractivity (Wildman–Crippen MR) is 52.5 cm³/mol. The molecule has 0 saturated heterocycles. The maximum absolute atomic E-state index is 5.19. The molecular weight excluding hydrogens is 172 g/mol. The Morgan fingerprint density at radius 2 is 2.42 bits per heavy atom. The van der Waals surface area contributed by atoms with Crippen molar-refractivity contribution in [2.24, 2.45) is 0 Å². The second-order valence-corrected chi connectivity index (χ2v) is 2.74. The van der Waals surface area contributed by atoms with Gasteiger partial charge in [0.2, 0.25) is 5.88 Å². The number of nitrogens with one attached hydrogen (secondary N) is 1. The average Bonchev–Trinajstić information content (AvgIpc) is 2.09. The first kappa shape index (κ1) is 9.19. The molecule has 12 heavy (non-hydrogen) atoms. The molecule has 0 spiro atoms. The van der Waals surface area contributed by atoms with E-state index in [0.29, 0.717) is 12.5 Å². The van der Waals surface area contributed by atoms with Gasteiger partial charge in [0.15, 0.2) is 0 Å². The molecule has 0 unspecified atom stereocenters. The Morgan fingerprint density at radius 3 is 2.92 bits per heavy atom. The fraction of sp³-hybridized carbons (Fsp3) is 0.375. The van der Waals surface area contributed by atoms with E-state index in [-0.39, 0.29) is 0 Å². The second kappa shape index (κ2) is 4.87. The van der Waals surface area contributed by atoms with Crippen molar-refractivity contribution in [3.63, 3.8) is 0 Å². The molecule has 1 heterocycles. The summed E-state index contributed by atoms with van der Waals surface area (Å²) in [6, 6.07) is 3.79. The van der Waals surface area contributed by atoms with E-state index < -0.39 is 0 Å². The monoisotopic (exact) mass is 184 g/mol. The van der Waals surface area contributed by atoms with Crippen molar-refractivity contribution in [3.05, 3.63) is 18.3 Å². The molecule has 0 amide bonds. The number of aromatic nitrogens is 1. The van der Waals surface area contributed by atoms with Gasteiger partial charge in [0.05, 0.1) is 18.5 Å². The van der Waals surface area contributed by atoms with Crippen LogP contribution in [0.15, 0.2) is 18.3 Å². The van der Waals surface area contributed by atoms with Gasteiger partial charge in [0.1, 0.15) is 0 Å². The summed E-state index contributed by atoms with van der Waals surface area (Å²) >= 11 is 1.54. The maximum atomic E-state index is 5.19. The minimum absolute atomic E-state index is 0.655. The van der Waals surface area contributed by atoms with E-state index in [1.54, 1.807) is 18.1 Å². The van der Waals surface area contributed by atoms with E-state index in [9.17, 15) is 0 Å². The molecule has 4 heteroatoms. The Kier molecular flexibility index (Phi) is 3.73. The van der Waals surface area contributed by atoms with Crippen molar-refractivity contribution in [3.8, 4) is 5.88 Å². The molecule has 1 aromatic heterocycles. The lowest BCUT2D eigenvalue weighted by molar-refractivity contribution is 0.327. The van der Waals surface area contributed by atoms with Crippen LogP contribution < -0.4 is 9.46 Å². The molecule has 0 aromatic carbocycles. The number of ether oxygens (including phenoxy) is 1. The number of pyridine rings is 1. The lowest BCUT2D eigenvalue weighted by atomic mass is 10.4. The van der Waals surface area contributed by atoms with Gasteiger partial charge in [-0.05, 0) is 13.0 Å². The summed E-state index contributed by atoms with van der Waals surface area (Å²) in [5.74, 6) is 0.671. The van der Waals surface area contributed by atoms with Crippen LogP contribution in [-0.2, 0) is 0 Å². The molecule has 0 aliphatic rings. The topological polar surface area (TPSA) is 34.1 Å². The molecular formula is C8H12N2OS. The van der Waals surface area contributed by atoms with Gasteiger partial charge in [-0.15, -0.1) is 0 Å². The Balaban J connectivity index is 2.58. The van der Waals surface area contributed by atoms with E-state index in [4.69, 9.17) is 4.74 Å². The van der Waals surface area contributed by atoms with E-state index in [2.05, 4.69) is 9.71 Å². The molecule has 0 aliphatic carbocycles. The summed E-state index contributed by atoms with van der Waals surface area (Å²) in [5.41, 5.74) is 0.992. The van der Waals surface area contributed by atoms with Gasteiger partial charge in [-0.3, -0.25) is 0 Å². The van der Waals surface area contributed by atoms with Crippen molar-refractivity contribution in [1.29, 1.82) is 0 Å². The summed E-state index contributed by atoms with van der Waals surface area (Å²) in [6.45, 7) is 2.60. The Bertz CT molecular complexity index is 200. The summed E-state index contributed by atoms with van der Waals surface area (Å²) < 4.78 is 8.27.